The normalized spacial score (nSPS) is 20.6. The Labute approximate surface area is 269 Å². The van der Waals surface area contributed by atoms with E-state index >= 15 is 0 Å². The molecule has 9 nitrogen and oxygen atoms in total. The molecule has 0 radical (unpaired) electrons. The zero-order chi connectivity index (χ0) is 31.0. The third-order valence-electron chi connectivity index (χ3n) is 10.1. The van der Waals surface area contributed by atoms with E-state index in [4.69, 9.17) is 24.5 Å². The van der Waals surface area contributed by atoms with Gasteiger partial charge in [-0.25, -0.2) is 9.50 Å². The van der Waals surface area contributed by atoms with Crippen molar-refractivity contribution in [3.05, 3.63) is 84.3 Å². The van der Waals surface area contributed by atoms with Crippen LogP contribution in [0.4, 0.5) is 11.4 Å². The van der Waals surface area contributed by atoms with Gasteiger partial charge < -0.3 is 19.3 Å². The summed E-state index contributed by atoms with van der Waals surface area (Å²) in [5.74, 6) is 0.684. The van der Waals surface area contributed by atoms with Crippen LogP contribution >= 0.6 is 0 Å². The third kappa shape index (κ3) is 5.36. The SMILES string of the molecule is CCOC(=O)C1CCN(c2ccc(-c3c([C@H]4C[C@H](c5ccc6ccccc6n5)C4)nc4c(N5CCOCC5)ccnn34)cc2)CC1. The maximum Gasteiger partial charge on any atom is 0.309 e. The summed E-state index contributed by atoms with van der Waals surface area (Å²) in [7, 11) is 0. The number of nitrogens with zero attached hydrogens (tertiary/aromatic N) is 6. The maximum absolute atomic E-state index is 12.3. The Morgan fingerprint density at radius 3 is 2.43 bits per heavy atom. The van der Waals surface area contributed by atoms with Gasteiger partial charge in [-0.15, -0.1) is 0 Å². The van der Waals surface area contributed by atoms with E-state index in [0.29, 0.717) is 18.4 Å². The van der Waals surface area contributed by atoms with Gasteiger partial charge in [0.2, 0.25) is 0 Å². The first-order chi connectivity index (χ1) is 22.7. The number of hydrogen-bond acceptors (Lipinski definition) is 8. The van der Waals surface area contributed by atoms with Gasteiger partial charge in [0.05, 0.1) is 54.5 Å². The lowest BCUT2D eigenvalue weighted by Crippen LogP contribution is -2.36. The molecule has 3 aliphatic rings. The first-order valence-corrected chi connectivity index (χ1v) is 16.7. The van der Waals surface area contributed by atoms with Gasteiger partial charge in [0, 0.05) is 60.3 Å². The molecule has 46 heavy (non-hydrogen) atoms. The van der Waals surface area contributed by atoms with E-state index in [0.717, 1.165) is 98.9 Å². The number of para-hydroxylation sites is 1. The average Bonchev–Trinajstić information content (AvgIpc) is 3.47. The van der Waals surface area contributed by atoms with Gasteiger partial charge in [-0.3, -0.25) is 9.78 Å². The second-order valence-corrected chi connectivity index (χ2v) is 12.8. The van der Waals surface area contributed by atoms with Gasteiger partial charge >= 0.3 is 5.97 Å². The molecule has 236 valence electrons. The van der Waals surface area contributed by atoms with E-state index in [-0.39, 0.29) is 11.9 Å². The standard InChI is InChI=1S/C37H40N6O3/c1-2-46-37(44)27-14-17-41(18-15-27)30-10-7-26(8-11-30)35-34(40-36-33(13-16-38-43(35)36)42-19-21-45-22-20-42)29-23-28(24-29)32-12-9-25-5-3-4-6-31(25)39-32/h3-13,16,27-29H,2,14-15,17-24H2,1H3/t28-,29-. The number of anilines is 2. The minimum atomic E-state index is -0.0591. The summed E-state index contributed by atoms with van der Waals surface area (Å²) >= 11 is 0. The van der Waals surface area contributed by atoms with E-state index in [1.54, 1.807) is 0 Å². The molecule has 3 aromatic heterocycles. The zero-order valence-electron chi connectivity index (χ0n) is 26.3. The number of carbonyl (C=O) groups is 1. The number of aromatic nitrogens is 4. The monoisotopic (exact) mass is 616 g/mol. The van der Waals surface area contributed by atoms with Crippen molar-refractivity contribution in [3.63, 3.8) is 0 Å². The van der Waals surface area contributed by atoms with E-state index < -0.39 is 0 Å². The lowest BCUT2D eigenvalue weighted by atomic mass is 9.71. The zero-order valence-corrected chi connectivity index (χ0v) is 26.3. The highest BCUT2D eigenvalue weighted by atomic mass is 16.5. The van der Waals surface area contributed by atoms with Crippen molar-refractivity contribution in [3.8, 4) is 11.3 Å². The number of rotatable bonds is 7. The van der Waals surface area contributed by atoms with Crippen LogP contribution < -0.4 is 9.80 Å². The lowest BCUT2D eigenvalue weighted by molar-refractivity contribution is -0.148. The van der Waals surface area contributed by atoms with Crippen LogP contribution in [0.5, 0.6) is 0 Å². The first-order valence-electron chi connectivity index (χ1n) is 16.7. The molecule has 0 amide bonds. The van der Waals surface area contributed by atoms with Gasteiger partial charge in [-0.1, -0.05) is 36.4 Å². The van der Waals surface area contributed by atoms with E-state index in [9.17, 15) is 4.79 Å². The molecule has 5 heterocycles. The molecule has 2 saturated heterocycles. The van der Waals surface area contributed by atoms with Crippen LogP contribution in [-0.4, -0.2) is 71.6 Å². The van der Waals surface area contributed by atoms with Gasteiger partial charge in [0.25, 0.3) is 0 Å². The molecule has 0 atom stereocenters. The Kier molecular flexibility index (Phi) is 7.78. The van der Waals surface area contributed by atoms with Crippen LogP contribution in [0.2, 0.25) is 0 Å². The second kappa shape index (κ2) is 12.4. The van der Waals surface area contributed by atoms with Crippen LogP contribution in [0, 0.1) is 5.92 Å². The molecule has 0 bridgehead atoms. The van der Waals surface area contributed by atoms with Crippen LogP contribution in [0.1, 0.15) is 55.8 Å². The maximum atomic E-state index is 12.3. The topological polar surface area (TPSA) is 85.1 Å². The molecule has 1 aliphatic carbocycles. The molecule has 1 saturated carbocycles. The van der Waals surface area contributed by atoms with Crippen molar-refractivity contribution < 1.29 is 14.3 Å². The molecule has 0 spiro atoms. The van der Waals surface area contributed by atoms with Gasteiger partial charge in [-0.05, 0) is 62.9 Å². The number of morpholine rings is 1. The Bertz CT molecular complexity index is 1850. The Morgan fingerprint density at radius 2 is 1.65 bits per heavy atom. The van der Waals surface area contributed by atoms with Crippen LogP contribution in [0.15, 0.2) is 72.9 Å². The molecule has 0 N–H and O–H groups in total. The van der Waals surface area contributed by atoms with Crippen LogP contribution in [0.25, 0.3) is 27.8 Å². The van der Waals surface area contributed by atoms with E-state index in [2.05, 4.69) is 81.0 Å². The molecular formula is C37H40N6O3. The predicted molar refractivity (Wildman–Crippen MR) is 179 cm³/mol. The summed E-state index contributed by atoms with van der Waals surface area (Å²) in [4.78, 5) is 27.4. The largest absolute Gasteiger partial charge is 0.466 e. The number of esters is 1. The first kappa shape index (κ1) is 28.9. The fourth-order valence-corrected chi connectivity index (χ4v) is 7.41. The summed E-state index contributed by atoms with van der Waals surface area (Å²) < 4.78 is 13.0. The average molecular weight is 617 g/mol. The fraction of sp³-hybridized carbons (Fsp3) is 0.405. The number of benzene rings is 2. The molecule has 2 aromatic carbocycles. The summed E-state index contributed by atoms with van der Waals surface area (Å²) in [6, 6.07) is 23.7. The van der Waals surface area contributed by atoms with Crippen molar-refractivity contribution in [2.75, 3.05) is 55.8 Å². The highest BCUT2D eigenvalue weighted by Gasteiger charge is 2.37. The number of hydrogen-bond donors (Lipinski definition) is 0. The van der Waals surface area contributed by atoms with Crippen LogP contribution in [0.3, 0.4) is 0 Å². The van der Waals surface area contributed by atoms with Crippen molar-refractivity contribution in [1.29, 1.82) is 0 Å². The fourth-order valence-electron chi connectivity index (χ4n) is 7.41. The van der Waals surface area contributed by atoms with Gasteiger partial charge in [0.1, 0.15) is 0 Å². The second-order valence-electron chi connectivity index (χ2n) is 12.8. The smallest absolute Gasteiger partial charge is 0.309 e. The molecule has 2 aliphatic heterocycles. The highest BCUT2D eigenvalue weighted by molar-refractivity contribution is 5.79. The Hall–Kier alpha value is -4.50. The summed E-state index contributed by atoms with van der Waals surface area (Å²) in [6.07, 6.45) is 5.57. The number of piperidine rings is 1. The van der Waals surface area contributed by atoms with E-state index in [1.165, 1.54) is 16.8 Å². The molecule has 0 unspecified atom stereocenters. The van der Waals surface area contributed by atoms with Crippen molar-refractivity contribution >= 4 is 33.9 Å². The molecule has 8 rings (SSSR count). The lowest BCUT2D eigenvalue weighted by Gasteiger charge is -2.34. The number of pyridine rings is 1. The highest BCUT2D eigenvalue weighted by Crippen LogP contribution is 2.49. The number of imidazole rings is 1. The molecule has 3 fully saturated rings. The quantitative estimate of drug-likeness (QED) is 0.199. The minimum Gasteiger partial charge on any atom is -0.466 e. The summed E-state index contributed by atoms with van der Waals surface area (Å²) in [5.41, 5.74) is 8.73. The molecular weight excluding hydrogens is 576 g/mol. The predicted octanol–water partition coefficient (Wildman–Crippen LogP) is 6.22. The van der Waals surface area contributed by atoms with Gasteiger partial charge in [-0.2, -0.15) is 5.10 Å². The number of carbonyl (C=O) groups excluding carboxylic acids is 1. The Morgan fingerprint density at radius 1 is 0.870 bits per heavy atom. The van der Waals surface area contributed by atoms with Crippen molar-refractivity contribution in [1.82, 2.24) is 19.6 Å². The Balaban J connectivity index is 1.09. The van der Waals surface area contributed by atoms with E-state index in [1.807, 2.05) is 13.1 Å². The molecule has 9 heteroatoms. The number of fused-ring (bicyclic) bond motifs is 2. The summed E-state index contributed by atoms with van der Waals surface area (Å²) in [6.45, 7) is 7.13. The van der Waals surface area contributed by atoms with Crippen molar-refractivity contribution in [2.45, 2.75) is 44.4 Å². The summed E-state index contributed by atoms with van der Waals surface area (Å²) in [5, 5.41) is 6.05. The molecule has 5 aromatic rings. The minimum absolute atomic E-state index is 0.000893. The van der Waals surface area contributed by atoms with Crippen LogP contribution in [-0.2, 0) is 14.3 Å². The van der Waals surface area contributed by atoms with Gasteiger partial charge in [0.15, 0.2) is 5.65 Å². The van der Waals surface area contributed by atoms with Crippen molar-refractivity contribution in [2.24, 2.45) is 5.92 Å². The third-order valence-corrected chi connectivity index (χ3v) is 10.1. The number of ether oxygens (including phenoxy) is 2.